The molecule has 1 aromatic heterocycles. The van der Waals surface area contributed by atoms with Crippen molar-refractivity contribution in [3.05, 3.63) is 30.3 Å². The third-order valence-electron chi connectivity index (χ3n) is 3.63. The summed E-state index contributed by atoms with van der Waals surface area (Å²) < 4.78 is 32.1. The van der Waals surface area contributed by atoms with Crippen molar-refractivity contribution in [3.8, 4) is 0 Å². The minimum absolute atomic E-state index is 0.114. The number of nitrogens with one attached hydrogen (secondary N) is 1. The maximum absolute atomic E-state index is 12.7. The van der Waals surface area contributed by atoms with E-state index in [1.165, 1.54) is 10.4 Å². The summed E-state index contributed by atoms with van der Waals surface area (Å²) in [5.74, 6) is -0.261. The molecule has 1 aliphatic heterocycles. The molecule has 1 atom stereocenters. The highest BCUT2D eigenvalue weighted by atomic mass is 32.2. The van der Waals surface area contributed by atoms with Crippen molar-refractivity contribution in [1.29, 1.82) is 0 Å². The van der Waals surface area contributed by atoms with Gasteiger partial charge in [-0.05, 0) is 12.5 Å². The van der Waals surface area contributed by atoms with E-state index in [2.05, 4.69) is 5.32 Å². The summed E-state index contributed by atoms with van der Waals surface area (Å²) in [5.41, 5.74) is 0.519. The molecule has 1 aromatic carbocycles. The molecule has 112 valence electrons. The number of hydrogen-bond acceptors (Lipinski definition) is 4. The normalized spacial score (nSPS) is 20.6. The average Bonchev–Trinajstić information content (AvgIpc) is 2.91. The molecule has 1 fully saturated rings. The van der Waals surface area contributed by atoms with Crippen LogP contribution in [0.25, 0.3) is 11.0 Å². The molecule has 1 unspecified atom stereocenters. The molecule has 1 amide bonds. The van der Waals surface area contributed by atoms with Gasteiger partial charge in [0.15, 0.2) is 0 Å². The van der Waals surface area contributed by atoms with Crippen LogP contribution in [0.15, 0.2) is 39.8 Å². The van der Waals surface area contributed by atoms with Crippen molar-refractivity contribution in [2.45, 2.75) is 24.5 Å². The molecular weight excluding hydrogens is 292 g/mol. The first-order valence-electron chi connectivity index (χ1n) is 6.82. The van der Waals surface area contributed by atoms with Crippen LogP contribution in [0.4, 0.5) is 0 Å². The minimum atomic E-state index is -3.81. The van der Waals surface area contributed by atoms with E-state index in [1.807, 2.05) is 6.07 Å². The van der Waals surface area contributed by atoms with Gasteiger partial charge in [-0.1, -0.05) is 25.1 Å². The van der Waals surface area contributed by atoms with Crippen LogP contribution in [0.3, 0.4) is 0 Å². The SMILES string of the molecule is CCC1C(=O)NCCN1S(=O)(=O)c1cc2ccccc2o1. The second-order valence-corrected chi connectivity index (χ2v) is 6.76. The Kier molecular flexibility index (Phi) is 3.46. The molecule has 7 heteroatoms. The summed E-state index contributed by atoms with van der Waals surface area (Å²) >= 11 is 0. The predicted molar refractivity (Wildman–Crippen MR) is 77.2 cm³/mol. The lowest BCUT2D eigenvalue weighted by molar-refractivity contribution is -0.126. The second-order valence-electron chi connectivity index (χ2n) is 4.93. The number of carbonyl (C=O) groups excluding carboxylic acids is 1. The Morgan fingerprint density at radius 2 is 2.14 bits per heavy atom. The van der Waals surface area contributed by atoms with Crippen molar-refractivity contribution < 1.29 is 17.6 Å². The summed E-state index contributed by atoms with van der Waals surface area (Å²) in [6.07, 6.45) is 0.422. The summed E-state index contributed by atoms with van der Waals surface area (Å²) in [6.45, 7) is 2.36. The quantitative estimate of drug-likeness (QED) is 0.927. The van der Waals surface area contributed by atoms with E-state index in [0.29, 0.717) is 18.5 Å². The maximum atomic E-state index is 12.7. The fourth-order valence-electron chi connectivity index (χ4n) is 2.57. The number of para-hydroxylation sites is 1. The molecule has 0 bridgehead atoms. The third kappa shape index (κ3) is 2.32. The number of carbonyl (C=O) groups is 1. The number of piperazine rings is 1. The van der Waals surface area contributed by atoms with Crippen LogP contribution in [0.1, 0.15) is 13.3 Å². The molecule has 6 nitrogen and oxygen atoms in total. The molecule has 0 aliphatic carbocycles. The Balaban J connectivity index is 2.04. The van der Waals surface area contributed by atoms with Gasteiger partial charge < -0.3 is 9.73 Å². The van der Waals surface area contributed by atoms with Crippen molar-refractivity contribution in [1.82, 2.24) is 9.62 Å². The topological polar surface area (TPSA) is 79.6 Å². The molecule has 3 rings (SSSR count). The number of sulfonamides is 1. The monoisotopic (exact) mass is 308 g/mol. The zero-order valence-electron chi connectivity index (χ0n) is 11.6. The predicted octanol–water partition coefficient (Wildman–Crippen LogP) is 1.33. The fourth-order valence-corrected chi connectivity index (χ4v) is 4.18. The summed E-state index contributed by atoms with van der Waals surface area (Å²) in [6, 6.07) is 7.93. The number of nitrogens with zero attached hydrogens (tertiary/aromatic N) is 1. The molecule has 0 spiro atoms. The molecule has 2 aromatic rings. The van der Waals surface area contributed by atoms with E-state index in [4.69, 9.17) is 4.42 Å². The van der Waals surface area contributed by atoms with Gasteiger partial charge in [0.25, 0.3) is 10.0 Å². The van der Waals surface area contributed by atoms with E-state index in [0.717, 1.165) is 5.39 Å². The van der Waals surface area contributed by atoms with E-state index in [9.17, 15) is 13.2 Å². The van der Waals surface area contributed by atoms with Crippen molar-refractivity contribution >= 4 is 26.9 Å². The minimum Gasteiger partial charge on any atom is -0.443 e. The third-order valence-corrected chi connectivity index (χ3v) is 5.40. The van der Waals surface area contributed by atoms with Gasteiger partial charge in [-0.3, -0.25) is 4.79 Å². The van der Waals surface area contributed by atoms with Crippen LogP contribution in [-0.4, -0.2) is 37.8 Å². The lowest BCUT2D eigenvalue weighted by Gasteiger charge is -2.32. The molecule has 1 aliphatic rings. The molecule has 0 saturated carbocycles. The number of furan rings is 1. The Hall–Kier alpha value is -1.86. The Labute approximate surface area is 122 Å². The molecule has 2 heterocycles. The zero-order valence-corrected chi connectivity index (χ0v) is 12.4. The van der Waals surface area contributed by atoms with Gasteiger partial charge in [0.05, 0.1) is 0 Å². The van der Waals surface area contributed by atoms with E-state index in [1.54, 1.807) is 25.1 Å². The van der Waals surface area contributed by atoms with Gasteiger partial charge in [-0.15, -0.1) is 0 Å². The van der Waals surface area contributed by atoms with Crippen LogP contribution in [0.5, 0.6) is 0 Å². The number of fused-ring (bicyclic) bond motifs is 1. The lowest BCUT2D eigenvalue weighted by atomic mass is 10.2. The molecule has 0 radical (unpaired) electrons. The molecule has 1 saturated heterocycles. The average molecular weight is 308 g/mol. The Morgan fingerprint density at radius 3 is 2.86 bits per heavy atom. The number of benzene rings is 1. The largest absolute Gasteiger partial charge is 0.443 e. The fraction of sp³-hybridized carbons (Fsp3) is 0.357. The lowest BCUT2D eigenvalue weighted by Crippen LogP contribution is -2.56. The van der Waals surface area contributed by atoms with Crippen molar-refractivity contribution in [2.75, 3.05) is 13.1 Å². The van der Waals surface area contributed by atoms with Crippen LogP contribution in [-0.2, 0) is 14.8 Å². The number of amides is 1. The van der Waals surface area contributed by atoms with Crippen LogP contribution in [0.2, 0.25) is 0 Å². The van der Waals surface area contributed by atoms with E-state index < -0.39 is 16.1 Å². The van der Waals surface area contributed by atoms with Gasteiger partial charge in [0, 0.05) is 24.5 Å². The van der Waals surface area contributed by atoms with Gasteiger partial charge in [0.1, 0.15) is 11.6 Å². The first-order valence-corrected chi connectivity index (χ1v) is 8.26. The number of hydrogen-bond donors (Lipinski definition) is 1. The van der Waals surface area contributed by atoms with Crippen LogP contribution >= 0.6 is 0 Å². The summed E-state index contributed by atoms with van der Waals surface area (Å²) in [7, 11) is -3.81. The van der Waals surface area contributed by atoms with Crippen LogP contribution < -0.4 is 5.32 Å². The van der Waals surface area contributed by atoms with E-state index >= 15 is 0 Å². The molecule has 1 N–H and O–H groups in total. The number of rotatable bonds is 3. The van der Waals surface area contributed by atoms with Crippen molar-refractivity contribution in [2.24, 2.45) is 0 Å². The highest BCUT2D eigenvalue weighted by molar-refractivity contribution is 7.89. The van der Waals surface area contributed by atoms with Gasteiger partial charge in [0.2, 0.25) is 11.0 Å². The second kappa shape index (κ2) is 5.16. The van der Waals surface area contributed by atoms with Gasteiger partial charge in [-0.2, -0.15) is 4.31 Å². The van der Waals surface area contributed by atoms with E-state index in [-0.39, 0.29) is 17.5 Å². The van der Waals surface area contributed by atoms with Crippen molar-refractivity contribution in [3.63, 3.8) is 0 Å². The van der Waals surface area contributed by atoms with Gasteiger partial charge in [-0.25, -0.2) is 8.42 Å². The maximum Gasteiger partial charge on any atom is 0.277 e. The summed E-state index contributed by atoms with van der Waals surface area (Å²) in [4.78, 5) is 11.8. The molecule has 21 heavy (non-hydrogen) atoms. The molecular formula is C14H16N2O4S. The van der Waals surface area contributed by atoms with Crippen LogP contribution in [0, 0.1) is 0 Å². The standard InChI is InChI=1S/C14H16N2O4S/c1-2-11-14(17)15-7-8-16(11)21(18,19)13-9-10-5-3-4-6-12(10)20-13/h3-6,9,11H,2,7-8H2,1H3,(H,15,17). The first kappa shape index (κ1) is 14.1. The first-order chi connectivity index (χ1) is 10.0. The summed E-state index contributed by atoms with van der Waals surface area (Å²) in [5, 5.41) is 3.30. The van der Waals surface area contributed by atoms with Gasteiger partial charge >= 0.3 is 0 Å². The highest BCUT2D eigenvalue weighted by Crippen LogP contribution is 2.27. The highest BCUT2D eigenvalue weighted by Gasteiger charge is 2.38. The zero-order chi connectivity index (χ0) is 15.0. The Morgan fingerprint density at radius 1 is 1.38 bits per heavy atom. The smallest absolute Gasteiger partial charge is 0.277 e. The Bertz CT molecular complexity index is 748.